The average molecular weight is 577 g/mol. The molecule has 3 aromatic rings. The fourth-order valence-corrected chi connectivity index (χ4v) is 4.55. The number of benzene rings is 3. The highest BCUT2D eigenvalue weighted by molar-refractivity contribution is 7.87. The van der Waals surface area contributed by atoms with Crippen LogP contribution in [0, 0.1) is 27.2 Å². The molecule has 0 fully saturated rings. The number of phenols is 1. The first-order chi connectivity index (χ1) is 18.6. The molecule has 0 amide bonds. The van der Waals surface area contributed by atoms with Gasteiger partial charge in [-0.05, 0) is 43.0 Å². The number of aryl methyl sites for hydroxylation is 1. The van der Waals surface area contributed by atoms with Gasteiger partial charge in [0, 0.05) is 11.1 Å². The Morgan fingerprint density at radius 2 is 1.20 bits per heavy atom. The molecule has 0 saturated heterocycles. The number of ether oxygens (including phenoxy) is 2. The third kappa shape index (κ3) is 7.59. The Hall–Kier alpha value is -4.39. The topological polar surface area (TPSA) is 168 Å². The Morgan fingerprint density at radius 3 is 1.62 bits per heavy atom. The molecule has 12 nitrogen and oxygen atoms in total. The fourth-order valence-electron chi connectivity index (χ4n) is 3.61. The molecule has 0 radical (unpaired) electrons. The Bertz CT molecular complexity index is 1480. The van der Waals surface area contributed by atoms with Crippen LogP contribution < -0.4 is 13.7 Å². The standard InChI is InChI=1S/C17H19NO6S.C10H13NO4/c1-11(2)14-9-17(23-4)15(18(19)20)10-16(14)24-25(21,22)13-7-5-12(3)6-8-13;1-6(2)7-4-10(15-3)8(11(13)14)5-9(7)12/h5-11H,1-4H3;4-6,12H,1-3H3. The SMILES string of the molecule is COc1cc(C(C)C)c(O)cc1[N+](=O)[O-].COc1cc(C(C)C)c(OS(=O)(=O)c2ccc(C)cc2)cc1[N+](=O)[O-]. The van der Waals surface area contributed by atoms with Crippen molar-refractivity contribution in [3.63, 3.8) is 0 Å². The van der Waals surface area contributed by atoms with E-state index in [1.165, 1.54) is 38.5 Å². The van der Waals surface area contributed by atoms with Gasteiger partial charge in [-0.1, -0.05) is 45.4 Å². The Labute approximate surface area is 232 Å². The second-order valence-corrected chi connectivity index (χ2v) is 10.9. The summed E-state index contributed by atoms with van der Waals surface area (Å²) in [5.74, 6) is 0.0217. The van der Waals surface area contributed by atoms with Crippen molar-refractivity contribution in [3.05, 3.63) is 85.4 Å². The van der Waals surface area contributed by atoms with Gasteiger partial charge in [0.1, 0.15) is 10.6 Å². The normalized spacial score (nSPS) is 11.0. The molecule has 3 aromatic carbocycles. The van der Waals surface area contributed by atoms with E-state index in [0.717, 1.165) is 17.7 Å². The van der Waals surface area contributed by atoms with Gasteiger partial charge < -0.3 is 18.8 Å². The van der Waals surface area contributed by atoms with Gasteiger partial charge in [0.05, 0.1) is 36.2 Å². The molecule has 13 heteroatoms. The number of nitro groups is 2. The van der Waals surface area contributed by atoms with Gasteiger partial charge in [-0.2, -0.15) is 8.42 Å². The number of nitrogens with zero attached hydrogens (tertiary/aromatic N) is 2. The number of methoxy groups -OCH3 is 2. The third-order valence-corrected chi connectivity index (χ3v) is 7.03. The molecule has 3 rings (SSSR count). The minimum absolute atomic E-state index is 0.0220. The molecule has 0 aliphatic heterocycles. The summed E-state index contributed by atoms with van der Waals surface area (Å²) < 4.78 is 40.2. The minimum atomic E-state index is -4.11. The summed E-state index contributed by atoms with van der Waals surface area (Å²) in [4.78, 5) is 20.6. The van der Waals surface area contributed by atoms with E-state index < -0.39 is 20.0 Å². The number of hydrogen-bond acceptors (Lipinski definition) is 10. The maximum Gasteiger partial charge on any atom is 0.339 e. The zero-order valence-electron chi connectivity index (χ0n) is 23.2. The molecule has 0 aliphatic rings. The summed E-state index contributed by atoms with van der Waals surface area (Å²) in [5, 5.41) is 31.4. The fraction of sp³-hybridized carbons (Fsp3) is 0.333. The Morgan fingerprint density at radius 1 is 0.750 bits per heavy atom. The zero-order chi connectivity index (χ0) is 30.4. The largest absolute Gasteiger partial charge is 0.507 e. The van der Waals surface area contributed by atoms with Gasteiger partial charge >= 0.3 is 21.5 Å². The van der Waals surface area contributed by atoms with Crippen molar-refractivity contribution < 1.29 is 37.0 Å². The highest BCUT2D eigenvalue weighted by atomic mass is 32.2. The number of nitro benzene ring substituents is 2. The summed E-state index contributed by atoms with van der Waals surface area (Å²) in [6.07, 6.45) is 0. The summed E-state index contributed by atoms with van der Waals surface area (Å²) >= 11 is 0. The van der Waals surface area contributed by atoms with E-state index in [-0.39, 0.29) is 51.1 Å². The van der Waals surface area contributed by atoms with Crippen LogP contribution in [-0.4, -0.2) is 37.6 Å². The van der Waals surface area contributed by atoms with E-state index in [9.17, 15) is 33.8 Å². The molecule has 0 spiro atoms. The van der Waals surface area contributed by atoms with Crippen molar-refractivity contribution in [2.45, 2.75) is 51.3 Å². The van der Waals surface area contributed by atoms with Crippen LogP contribution in [0.15, 0.2) is 53.4 Å². The Balaban J connectivity index is 0.000000319. The van der Waals surface area contributed by atoms with Crippen LogP contribution in [0.3, 0.4) is 0 Å². The predicted octanol–water partition coefficient (Wildman–Crippen LogP) is 6.24. The maximum atomic E-state index is 12.5. The van der Waals surface area contributed by atoms with Crippen LogP contribution in [-0.2, 0) is 10.1 Å². The van der Waals surface area contributed by atoms with Crippen molar-refractivity contribution in [2.24, 2.45) is 0 Å². The van der Waals surface area contributed by atoms with Gasteiger partial charge in [-0.15, -0.1) is 0 Å². The van der Waals surface area contributed by atoms with Gasteiger partial charge in [-0.25, -0.2) is 0 Å². The van der Waals surface area contributed by atoms with Crippen molar-refractivity contribution in [1.29, 1.82) is 0 Å². The number of phenolic OH excluding ortho intramolecular Hbond substituents is 1. The zero-order valence-corrected chi connectivity index (χ0v) is 24.0. The number of rotatable bonds is 9. The van der Waals surface area contributed by atoms with E-state index in [4.69, 9.17) is 13.7 Å². The first-order valence-corrected chi connectivity index (χ1v) is 13.5. The number of hydrogen-bond donors (Lipinski definition) is 1. The van der Waals surface area contributed by atoms with Gasteiger partial charge in [0.15, 0.2) is 17.2 Å². The Kier molecular flexibility index (Phi) is 10.4. The smallest absolute Gasteiger partial charge is 0.339 e. The van der Waals surface area contributed by atoms with Crippen LogP contribution in [0.1, 0.15) is 56.2 Å². The third-order valence-electron chi connectivity index (χ3n) is 5.79. The molecule has 0 bridgehead atoms. The van der Waals surface area contributed by atoms with Gasteiger partial charge in [0.2, 0.25) is 0 Å². The van der Waals surface area contributed by atoms with E-state index in [2.05, 4.69) is 0 Å². The van der Waals surface area contributed by atoms with E-state index in [1.54, 1.807) is 12.1 Å². The molecule has 0 atom stereocenters. The van der Waals surface area contributed by atoms with Gasteiger partial charge in [-0.3, -0.25) is 20.2 Å². The molecule has 0 aliphatic carbocycles. The van der Waals surface area contributed by atoms with Crippen LogP contribution in [0.5, 0.6) is 23.0 Å². The molecule has 0 aromatic heterocycles. The van der Waals surface area contributed by atoms with Crippen molar-refractivity contribution in [1.82, 2.24) is 0 Å². The first-order valence-electron chi connectivity index (χ1n) is 12.1. The highest BCUT2D eigenvalue weighted by Gasteiger charge is 2.26. The molecular formula is C27H32N2O10S. The highest BCUT2D eigenvalue weighted by Crippen LogP contribution is 2.39. The van der Waals surface area contributed by atoms with Crippen LogP contribution in [0.25, 0.3) is 0 Å². The molecule has 0 saturated carbocycles. The average Bonchev–Trinajstić information content (AvgIpc) is 2.88. The van der Waals surface area contributed by atoms with E-state index in [0.29, 0.717) is 11.1 Å². The lowest BCUT2D eigenvalue weighted by Crippen LogP contribution is -2.12. The van der Waals surface area contributed by atoms with Gasteiger partial charge in [0.25, 0.3) is 0 Å². The monoisotopic (exact) mass is 576 g/mol. The second-order valence-electron chi connectivity index (χ2n) is 9.32. The van der Waals surface area contributed by atoms with Crippen molar-refractivity contribution in [2.75, 3.05) is 14.2 Å². The second kappa shape index (κ2) is 13.1. The minimum Gasteiger partial charge on any atom is -0.507 e. The first kappa shape index (κ1) is 31.8. The summed E-state index contributed by atoms with van der Waals surface area (Å²) in [5.41, 5.74) is 1.46. The van der Waals surface area contributed by atoms with Crippen molar-refractivity contribution >= 4 is 21.5 Å². The maximum absolute atomic E-state index is 12.5. The number of aromatic hydroxyl groups is 1. The molecule has 1 N–H and O–H groups in total. The molecular weight excluding hydrogens is 544 g/mol. The molecule has 0 unspecified atom stereocenters. The van der Waals surface area contributed by atoms with Crippen LogP contribution >= 0.6 is 0 Å². The molecule has 40 heavy (non-hydrogen) atoms. The van der Waals surface area contributed by atoms with Crippen LogP contribution in [0.4, 0.5) is 11.4 Å². The van der Waals surface area contributed by atoms with E-state index in [1.807, 2.05) is 34.6 Å². The quantitative estimate of drug-likeness (QED) is 0.175. The van der Waals surface area contributed by atoms with Crippen LogP contribution in [0.2, 0.25) is 0 Å². The summed E-state index contributed by atoms with van der Waals surface area (Å²) in [7, 11) is -1.43. The van der Waals surface area contributed by atoms with E-state index >= 15 is 0 Å². The molecule has 0 heterocycles. The lowest BCUT2D eigenvalue weighted by atomic mass is 10.0. The molecule has 216 valence electrons. The summed E-state index contributed by atoms with van der Waals surface area (Å²) in [6.45, 7) is 9.26. The lowest BCUT2D eigenvalue weighted by Gasteiger charge is -2.15. The van der Waals surface area contributed by atoms with Crippen molar-refractivity contribution in [3.8, 4) is 23.0 Å². The predicted molar refractivity (Wildman–Crippen MR) is 148 cm³/mol. The summed E-state index contributed by atoms with van der Waals surface area (Å²) in [6, 6.07) is 11.3. The lowest BCUT2D eigenvalue weighted by molar-refractivity contribution is -0.386.